The molecule has 0 radical (unpaired) electrons. The number of hydrogen-bond acceptors (Lipinski definition) is 4. The van der Waals surface area contributed by atoms with E-state index in [9.17, 15) is 9.90 Å². The number of ether oxygens (including phenoxy) is 1. The molecule has 0 saturated heterocycles. The molecule has 1 aromatic heterocycles. The van der Waals surface area contributed by atoms with Crippen molar-refractivity contribution in [3.05, 3.63) is 45.4 Å². The first-order valence-electron chi connectivity index (χ1n) is 7.26. The Bertz CT molecular complexity index is 654. The van der Waals surface area contributed by atoms with Gasteiger partial charge in [0.2, 0.25) is 0 Å². The molecule has 118 valence electrons. The Morgan fingerprint density at radius 1 is 1.27 bits per heavy atom. The summed E-state index contributed by atoms with van der Waals surface area (Å²) < 4.78 is 5.41. The van der Waals surface area contributed by atoms with E-state index in [-0.39, 0.29) is 5.41 Å². The minimum atomic E-state index is -0.908. The fourth-order valence-electron chi connectivity index (χ4n) is 2.02. The lowest BCUT2D eigenvalue weighted by Gasteiger charge is -2.13. The smallest absolute Gasteiger partial charge is 0.347 e. The van der Waals surface area contributed by atoms with Gasteiger partial charge in [-0.15, -0.1) is 11.3 Å². The van der Waals surface area contributed by atoms with Gasteiger partial charge in [0.1, 0.15) is 10.6 Å². The van der Waals surface area contributed by atoms with Crippen molar-refractivity contribution < 1.29 is 14.6 Å². The van der Waals surface area contributed by atoms with Crippen LogP contribution in [0.4, 0.5) is 0 Å². The number of thiazole rings is 1. The summed E-state index contributed by atoms with van der Waals surface area (Å²) in [5.74, 6) is -0.0905. The van der Waals surface area contributed by atoms with Crippen molar-refractivity contribution >= 4 is 17.3 Å². The molecule has 0 atom stereocenters. The summed E-state index contributed by atoms with van der Waals surface area (Å²) in [7, 11) is 0. The third-order valence-electron chi connectivity index (χ3n) is 3.14. The van der Waals surface area contributed by atoms with Crippen LogP contribution in [0.15, 0.2) is 24.3 Å². The van der Waals surface area contributed by atoms with Crippen molar-refractivity contribution in [1.29, 1.82) is 0 Å². The molecule has 2 rings (SSSR count). The van der Waals surface area contributed by atoms with Crippen LogP contribution >= 0.6 is 11.3 Å². The number of aromatic carboxylic acids is 1. The quantitative estimate of drug-likeness (QED) is 0.900. The van der Waals surface area contributed by atoms with Gasteiger partial charge in [-0.3, -0.25) is 0 Å². The van der Waals surface area contributed by atoms with Crippen LogP contribution in [-0.2, 0) is 11.8 Å². The zero-order valence-electron chi connectivity index (χ0n) is 13.3. The molecule has 22 heavy (non-hydrogen) atoms. The Balaban J connectivity index is 2.28. The fraction of sp³-hybridized carbons (Fsp3) is 0.412. The topological polar surface area (TPSA) is 59.4 Å². The van der Waals surface area contributed by atoms with Crippen LogP contribution in [0, 0.1) is 0 Å². The number of carbonyl (C=O) groups is 1. The zero-order valence-corrected chi connectivity index (χ0v) is 14.2. The van der Waals surface area contributed by atoms with Gasteiger partial charge >= 0.3 is 5.97 Å². The molecular formula is C17H21NO3S. The maximum absolute atomic E-state index is 11.4. The second-order valence-electron chi connectivity index (χ2n) is 6.10. The molecule has 0 aliphatic heterocycles. The number of hydrogen-bond donors (Lipinski definition) is 1. The van der Waals surface area contributed by atoms with Crippen LogP contribution in [-0.4, -0.2) is 22.7 Å². The monoisotopic (exact) mass is 319 g/mol. The second-order valence-corrected chi connectivity index (χ2v) is 7.10. The van der Waals surface area contributed by atoms with Gasteiger partial charge in [0.25, 0.3) is 0 Å². The SMILES string of the molecule is CCOc1ccc(Cc2nc(C(C)(C)C)sc2C(=O)O)cc1. The van der Waals surface area contributed by atoms with Crippen molar-refractivity contribution in [1.82, 2.24) is 4.98 Å². The number of carboxylic acid groups (broad SMARTS) is 1. The Labute approximate surface area is 134 Å². The molecule has 0 bridgehead atoms. The number of carboxylic acids is 1. The predicted octanol–water partition coefficient (Wildman–Crippen LogP) is 4.13. The summed E-state index contributed by atoms with van der Waals surface area (Å²) in [6.45, 7) is 8.69. The van der Waals surface area contributed by atoms with Gasteiger partial charge < -0.3 is 9.84 Å². The van der Waals surface area contributed by atoms with E-state index in [0.29, 0.717) is 23.6 Å². The predicted molar refractivity (Wildman–Crippen MR) is 88.2 cm³/mol. The largest absolute Gasteiger partial charge is 0.494 e. The van der Waals surface area contributed by atoms with E-state index in [1.54, 1.807) is 0 Å². The van der Waals surface area contributed by atoms with Crippen molar-refractivity contribution in [3.8, 4) is 5.75 Å². The molecule has 0 saturated carbocycles. The van der Waals surface area contributed by atoms with Gasteiger partial charge in [0, 0.05) is 11.8 Å². The van der Waals surface area contributed by atoms with Crippen LogP contribution in [0.1, 0.15) is 53.6 Å². The molecule has 0 spiro atoms. The maximum Gasteiger partial charge on any atom is 0.347 e. The van der Waals surface area contributed by atoms with E-state index in [1.165, 1.54) is 11.3 Å². The molecular weight excluding hydrogens is 298 g/mol. The molecule has 0 unspecified atom stereocenters. The number of aromatic nitrogens is 1. The highest BCUT2D eigenvalue weighted by Crippen LogP contribution is 2.30. The van der Waals surface area contributed by atoms with E-state index >= 15 is 0 Å². The molecule has 0 aliphatic carbocycles. The Morgan fingerprint density at radius 2 is 1.91 bits per heavy atom. The Morgan fingerprint density at radius 3 is 2.41 bits per heavy atom. The van der Waals surface area contributed by atoms with Gasteiger partial charge in [-0.1, -0.05) is 32.9 Å². The van der Waals surface area contributed by atoms with Gasteiger partial charge in [0.15, 0.2) is 0 Å². The summed E-state index contributed by atoms with van der Waals surface area (Å²) in [6, 6.07) is 7.70. The van der Waals surface area contributed by atoms with E-state index in [0.717, 1.165) is 16.3 Å². The average Bonchev–Trinajstić information content (AvgIpc) is 2.85. The summed E-state index contributed by atoms with van der Waals surface area (Å²) in [6.07, 6.45) is 0.515. The average molecular weight is 319 g/mol. The van der Waals surface area contributed by atoms with Crippen molar-refractivity contribution in [3.63, 3.8) is 0 Å². The summed E-state index contributed by atoms with van der Waals surface area (Å²) in [5.41, 5.74) is 1.51. The lowest BCUT2D eigenvalue weighted by molar-refractivity contribution is 0.0701. The third kappa shape index (κ3) is 3.85. The number of benzene rings is 1. The van der Waals surface area contributed by atoms with Crippen molar-refractivity contribution in [2.45, 2.75) is 39.5 Å². The maximum atomic E-state index is 11.4. The summed E-state index contributed by atoms with van der Waals surface area (Å²) >= 11 is 1.27. The van der Waals surface area contributed by atoms with E-state index in [4.69, 9.17) is 4.74 Å². The first-order valence-corrected chi connectivity index (χ1v) is 8.08. The number of rotatable bonds is 5. The van der Waals surface area contributed by atoms with Gasteiger partial charge in [0.05, 0.1) is 17.3 Å². The molecule has 0 aliphatic rings. The van der Waals surface area contributed by atoms with Gasteiger partial charge in [-0.05, 0) is 24.6 Å². The minimum Gasteiger partial charge on any atom is -0.494 e. The summed E-state index contributed by atoms with van der Waals surface area (Å²) in [5, 5.41) is 10.2. The standard InChI is InChI=1S/C17H21NO3S/c1-5-21-12-8-6-11(7-9-12)10-13-14(15(19)20)22-16(18-13)17(2,3)4/h6-9H,5,10H2,1-4H3,(H,19,20). The first kappa shape index (κ1) is 16.5. The normalized spacial score (nSPS) is 11.5. The molecule has 1 aromatic carbocycles. The minimum absolute atomic E-state index is 0.147. The summed E-state index contributed by atoms with van der Waals surface area (Å²) in [4.78, 5) is 16.3. The van der Waals surface area contributed by atoms with Crippen molar-refractivity contribution in [2.24, 2.45) is 0 Å². The molecule has 2 aromatic rings. The highest BCUT2D eigenvalue weighted by Gasteiger charge is 2.24. The van der Waals surface area contributed by atoms with Gasteiger partial charge in [-0.2, -0.15) is 0 Å². The lowest BCUT2D eigenvalue weighted by atomic mass is 9.98. The van der Waals surface area contributed by atoms with Crippen LogP contribution < -0.4 is 4.74 Å². The van der Waals surface area contributed by atoms with E-state index < -0.39 is 5.97 Å². The fourth-order valence-corrected chi connectivity index (χ4v) is 3.00. The molecule has 1 heterocycles. The third-order valence-corrected chi connectivity index (χ3v) is 4.65. The first-order chi connectivity index (χ1) is 10.3. The van der Waals surface area contributed by atoms with Crippen LogP contribution in [0.3, 0.4) is 0 Å². The Hall–Kier alpha value is -1.88. The van der Waals surface area contributed by atoms with Gasteiger partial charge in [-0.25, -0.2) is 9.78 Å². The van der Waals surface area contributed by atoms with E-state index in [2.05, 4.69) is 4.98 Å². The van der Waals surface area contributed by atoms with E-state index in [1.807, 2.05) is 52.0 Å². The molecule has 4 nitrogen and oxygen atoms in total. The Kier molecular flexibility index (Phi) is 4.86. The molecule has 5 heteroatoms. The van der Waals surface area contributed by atoms with Crippen LogP contribution in [0.5, 0.6) is 5.75 Å². The molecule has 0 amide bonds. The second kappa shape index (κ2) is 6.48. The molecule has 1 N–H and O–H groups in total. The van der Waals surface area contributed by atoms with Crippen molar-refractivity contribution in [2.75, 3.05) is 6.61 Å². The molecule has 0 fully saturated rings. The highest BCUT2D eigenvalue weighted by atomic mass is 32.1. The zero-order chi connectivity index (χ0) is 16.3. The van der Waals surface area contributed by atoms with Crippen LogP contribution in [0.25, 0.3) is 0 Å². The lowest BCUT2D eigenvalue weighted by Crippen LogP contribution is -2.10. The van der Waals surface area contributed by atoms with Crippen LogP contribution in [0.2, 0.25) is 0 Å². The number of nitrogens with zero attached hydrogens (tertiary/aromatic N) is 1. The highest BCUT2D eigenvalue weighted by molar-refractivity contribution is 7.13.